The smallest absolute Gasteiger partial charge is 0.253 e. The van der Waals surface area contributed by atoms with Crippen molar-refractivity contribution in [2.45, 2.75) is 29.7 Å². The summed E-state index contributed by atoms with van der Waals surface area (Å²) < 4.78 is 39.2. The third kappa shape index (κ3) is 5.70. The average Bonchev–Trinajstić information content (AvgIpc) is 3.39. The molecule has 0 unspecified atom stereocenters. The van der Waals surface area contributed by atoms with Gasteiger partial charge < -0.3 is 14.4 Å². The van der Waals surface area contributed by atoms with Crippen molar-refractivity contribution in [3.63, 3.8) is 0 Å². The van der Waals surface area contributed by atoms with Gasteiger partial charge in [0.25, 0.3) is 5.91 Å². The number of sulfonamides is 1. The quantitative estimate of drug-likeness (QED) is 0.524. The first-order chi connectivity index (χ1) is 16.0. The van der Waals surface area contributed by atoms with Gasteiger partial charge in [-0.3, -0.25) is 9.78 Å². The Morgan fingerprint density at radius 3 is 2.58 bits per heavy atom. The minimum Gasteiger partial charge on any atom is -0.493 e. The van der Waals surface area contributed by atoms with Gasteiger partial charge in [0.1, 0.15) is 10.8 Å². The molecule has 0 radical (unpaired) electrons. The van der Waals surface area contributed by atoms with Crippen molar-refractivity contribution >= 4 is 27.3 Å². The molecule has 0 spiro atoms. The van der Waals surface area contributed by atoms with Gasteiger partial charge in [-0.15, -0.1) is 11.3 Å². The number of nitrogens with one attached hydrogen (secondary N) is 1. The van der Waals surface area contributed by atoms with Gasteiger partial charge in [-0.25, -0.2) is 13.1 Å². The van der Waals surface area contributed by atoms with Crippen molar-refractivity contribution in [1.82, 2.24) is 14.6 Å². The normalized spacial score (nSPS) is 14.8. The fourth-order valence-corrected chi connectivity index (χ4v) is 5.95. The average molecular weight is 488 g/mol. The van der Waals surface area contributed by atoms with Crippen LogP contribution in [0.15, 0.2) is 64.4 Å². The summed E-state index contributed by atoms with van der Waals surface area (Å²) in [6.07, 6.45) is 4.50. The monoisotopic (exact) mass is 487 g/mol. The number of ether oxygens (including phenoxy) is 2. The van der Waals surface area contributed by atoms with Gasteiger partial charge in [-0.05, 0) is 60.2 Å². The van der Waals surface area contributed by atoms with Crippen molar-refractivity contribution < 1.29 is 22.7 Å². The summed E-state index contributed by atoms with van der Waals surface area (Å²) in [5.41, 5.74) is 1.45. The van der Waals surface area contributed by atoms with E-state index in [1.807, 2.05) is 12.1 Å². The highest BCUT2D eigenvalue weighted by atomic mass is 32.2. The summed E-state index contributed by atoms with van der Waals surface area (Å²) in [5, 5.41) is 1.74. The molecule has 3 heterocycles. The maximum Gasteiger partial charge on any atom is 0.253 e. The molecule has 1 aliphatic heterocycles. The highest BCUT2D eigenvalue weighted by Crippen LogP contribution is 2.30. The van der Waals surface area contributed by atoms with Crippen molar-refractivity contribution in [2.24, 2.45) is 0 Å². The van der Waals surface area contributed by atoms with Gasteiger partial charge in [0.2, 0.25) is 10.0 Å². The molecule has 0 bridgehead atoms. The molecule has 0 saturated carbocycles. The number of thiophene rings is 1. The summed E-state index contributed by atoms with van der Waals surface area (Å²) in [6.45, 7) is 1.26. The molecule has 2 aromatic heterocycles. The lowest BCUT2D eigenvalue weighted by atomic mass is 10.0. The Morgan fingerprint density at radius 1 is 1.15 bits per heavy atom. The summed E-state index contributed by atoms with van der Waals surface area (Å²) in [6, 6.07) is 11.9. The molecule has 1 fully saturated rings. The number of aromatic nitrogens is 1. The highest BCUT2D eigenvalue weighted by Gasteiger charge is 2.28. The second-order valence-corrected chi connectivity index (χ2v) is 10.5. The van der Waals surface area contributed by atoms with Crippen LogP contribution in [0.4, 0.5) is 0 Å². The minimum atomic E-state index is -3.52. The molecule has 8 nitrogen and oxygen atoms in total. The predicted molar refractivity (Wildman–Crippen MR) is 125 cm³/mol. The van der Waals surface area contributed by atoms with Gasteiger partial charge in [0, 0.05) is 37.1 Å². The number of nitrogens with zero attached hydrogens (tertiary/aromatic N) is 2. The lowest BCUT2D eigenvalue weighted by Gasteiger charge is -2.32. The number of rotatable bonds is 8. The van der Waals surface area contributed by atoms with Gasteiger partial charge >= 0.3 is 0 Å². The molecule has 1 aromatic carbocycles. The summed E-state index contributed by atoms with van der Waals surface area (Å²) in [7, 11) is -1.96. The van der Waals surface area contributed by atoms with Crippen molar-refractivity contribution in [3.05, 3.63) is 71.4 Å². The van der Waals surface area contributed by atoms with Crippen LogP contribution in [0.2, 0.25) is 0 Å². The summed E-state index contributed by atoms with van der Waals surface area (Å²) in [5.74, 6) is 0.909. The molecular formula is C23H25N3O5S2. The lowest BCUT2D eigenvalue weighted by Crippen LogP contribution is -2.46. The first-order valence-corrected chi connectivity index (χ1v) is 12.9. The van der Waals surface area contributed by atoms with Crippen LogP contribution in [0.5, 0.6) is 11.5 Å². The maximum absolute atomic E-state index is 13.1. The van der Waals surface area contributed by atoms with E-state index in [1.54, 1.807) is 60.1 Å². The van der Waals surface area contributed by atoms with E-state index in [2.05, 4.69) is 9.71 Å². The number of hydrogen-bond acceptors (Lipinski definition) is 7. The van der Waals surface area contributed by atoms with Gasteiger partial charge in [-0.2, -0.15) is 0 Å². The summed E-state index contributed by atoms with van der Waals surface area (Å²) >= 11 is 1.19. The molecule has 0 aliphatic carbocycles. The number of hydrogen-bond donors (Lipinski definition) is 1. The Morgan fingerprint density at radius 2 is 1.91 bits per heavy atom. The zero-order valence-electron chi connectivity index (χ0n) is 18.1. The SMILES string of the molecule is COc1ccc(C(=O)N2CCC(NS(=O)(=O)c3cccs3)CC2)cc1OCc1ccncc1. The molecule has 3 aromatic rings. The molecule has 174 valence electrons. The minimum absolute atomic E-state index is 0.119. The Labute approximate surface area is 197 Å². The number of amides is 1. The van der Waals surface area contributed by atoms with Crippen LogP contribution < -0.4 is 14.2 Å². The van der Waals surface area contributed by atoms with Crippen molar-refractivity contribution in [3.8, 4) is 11.5 Å². The molecule has 33 heavy (non-hydrogen) atoms. The molecule has 1 aliphatic rings. The van der Waals surface area contributed by atoms with Crippen LogP contribution >= 0.6 is 11.3 Å². The van der Waals surface area contributed by atoms with E-state index in [0.717, 1.165) is 5.56 Å². The van der Waals surface area contributed by atoms with Crippen molar-refractivity contribution in [1.29, 1.82) is 0 Å². The molecule has 0 atom stereocenters. The van der Waals surface area contributed by atoms with Crippen molar-refractivity contribution in [2.75, 3.05) is 20.2 Å². The molecule has 10 heteroatoms. The van der Waals surface area contributed by atoms with E-state index < -0.39 is 10.0 Å². The first kappa shape index (κ1) is 23.2. The van der Waals surface area contributed by atoms with Gasteiger partial charge in [-0.1, -0.05) is 6.07 Å². The van der Waals surface area contributed by atoms with E-state index in [1.165, 1.54) is 11.3 Å². The molecular weight excluding hydrogens is 462 g/mol. The van der Waals surface area contributed by atoms with Crippen LogP contribution in [-0.2, 0) is 16.6 Å². The van der Waals surface area contributed by atoms with Crippen LogP contribution in [-0.4, -0.2) is 50.5 Å². The van der Waals surface area contributed by atoms with E-state index in [9.17, 15) is 13.2 Å². The third-order valence-electron chi connectivity index (χ3n) is 5.42. The van der Waals surface area contributed by atoms with Crippen LogP contribution in [0.25, 0.3) is 0 Å². The maximum atomic E-state index is 13.1. The number of pyridine rings is 1. The fourth-order valence-electron chi connectivity index (χ4n) is 3.64. The van der Waals surface area contributed by atoms with E-state index in [-0.39, 0.29) is 11.9 Å². The van der Waals surface area contributed by atoms with Gasteiger partial charge in [0.05, 0.1) is 7.11 Å². The lowest BCUT2D eigenvalue weighted by molar-refractivity contribution is 0.0710. The molecule has 1 N–H and O–H groups in total. The predicted octanol–water partition coefficient (Wildman–Crippen LogP) is 3.31. The zero-order chi connectivity index (χ0) is 23.3. The van der Waals surface area contributed by atoms with Gasteiger partial charge in [0.15, 0.2) is 11.5 Å². The number of carbonyl (C=O) groups excluding carboxylic acids is 1. The standard InChI is InChI=1S/C23H25N3O5S2/c1-30-20-5-4-18(15-21(20)31-16-17-6-10-24-11-7-17)23(27)26-12-8-19(9-13-26)25-33(28,29)22-3-2-14-32-22/h2-7,10-11,14-15,19,25H,8-9,12-13,16H2,1H3. The van der Waals surface area contributed by atoms with E-state index in [0.29, 0.717) is 53.8 Å². The Kier molecular flexibility index (Phi) is 7.26. The molecule has 1 amide bonds. The third-order valence-corrected chi connectivity index (χ3v) is 8.34. The number of benzene rings is 1. The largest absolute Gasteiger partial charge is 0.493 e. The Balaban J connectivity index is 1.38. The number of likely N-dealkylation sites (tertiary alicyclic amines) is 1. The molecule has 4 rings (SSSR count). The van der Waals surface area contributed by atoms with Crippen LogP contribution in [0.3, 0.4) is 0 Å². The highest BCUT2D eigenvalue weighted by molar-refractivity contribution is 7.91. The topological polar surface area (TPSA) is 97.8 Å². The number of piperidine rings is 1. The molecule has 1 saturated heterocycles. The second-order valence-electron chi connectivity index (χ2n) is 7.63. The number of methoxy groups -OCH3 is 1. The van der Waals surface area contributed by atoms with E-state index >= 15 is 0 Å². The number of carbonyl (C=O) groups is 1. The summed E-state index contributed by atoms with van der Waals surface area (Å²) in [4.78, 5) is 18.8. The zero-order valence-corrected chi connectivity index (χ0v) is 19.8. The Bertz CT molecular complexity index is 1180. The fraction of sp³-hybridized carbons (Fsp3) is 0.304. The second kappa shape index (κ2) is 10.3. The first-order valence-electron chi connectivity index (χ1n) is 10.5. The van der Waals surface area contributed by atoms with E-state index in [4.69, 9.17) is 9.47 Å². The Hall–Kier alpha value is -2.95. The van der Waals surface area contributed by atoms with Crippen LogP contribution in [0.1, 0.15) is 28.8 Å². The van der Waals surface area contributed by atoms with Crippen LogP contribution in [0, 0.1) is 0 Å².